The van der Waals surface area contributed by atoms with Gasteiger partial charge in [-0.15, -0.1) is 0 Å². The molecule has 1 aromatic heterocycles. The number of nitrogens with one attached hydrogen (secondary N) is 1. The van der Waals surface area contributed by atoms with E-state index in [1.807, 2.05) is 13.0 Å². The minimum Gasteiger partial charge on any atom is -0.476 e. The Kier molecular flexibility index (Phi) is 5.76. The lowest BCUT2D eigenvalue weighted by molar-refractivity contribution is 0.111. The molecule has 0 radical (unpaired) electrons. The third-order valence-corrected chi connectivity index (χ3v) is 3.52. The maximum absolute atomic E-state index is 5.80. The van der Waals surface area contributed by atoms with Crippen molar-refractivity contribution >= 4 is 0 Å². The van der Waals surface area contributed by atoms with Crippen molar-refractivity contribution in [3.8, 4) is 5.88 Å². The zero-order valence-corrected chi connectivity index (χ0v) is 13.1. The van der Waals surface area contributed by atoms with Gasteiger partial charge in [0.15, 0.2) is 0 Å². The number of aryl methyl sites for hydroxylation is 1. The van der Waals surface area contributed by atoms with Crippen LogP contribution in [0.5, 0.6) is 5.88 Å². The van der Waals surface area contributed by atoms with Crippen LogP contribution < -0.4 is 10.1 Å². The largest absolute Gasteiger partial charge is 0.476 e. The molecule has 19 heavy (non-hydrogen) atoms. The summed E-state index contributed by atoms with van der Waals surface area (Å²) in [6.07, 6.45) is 0. The highest BCUT2D eigenvalue weighted by Crippen LogP contribution is 2.16. The van der Waals surface area contributed by atoms with E-state index in [0.717, 1.165) is 18.8 Å². The molecule has 1 rings (SSSR count). The Bertz CT molecular complexity index is 402. The first-order chi connectivity index (χ1) is 8.86. The standard InChI is InChI=1S/C15H27N3O/c1-7-16-10-13-8-9-14(17-12(13)2)19-11-15(3,4)18(5)6/h8-9,16H,7,10-11H2,1-6H3. The van der Waals surface area contributed by atoms with Gasteiger partial charge in [-0.05, 0) is 47.0 Å². The van der Waals surface area contributed by atoms with Crippen LogP contribution in [-0.2, 0) is 6.54 Å². The van der Waals surface area contributed by atoms with Gasteiger partial charge >= 0.3 is 0 Å². The third kappa shape index (κ3) is 4.80. The smallest absolute Gasteiger partial charge is 0.213 e. The fraction of sp³-hybridized carbons (Fsp3) is 0.667. The van der Waals surface area contributed by atoms with E-state index in [0.29, 0.717) is 12.5 Å². The van der Waals surface area contributed by atoms with Crippen LogP contribution in [0.4, 0.5) is 0 Å². The van der Waals surface area contributed by atoms with Crippen molar-refractivity contribution < 1.29 is 4.74 Å². The normalized spacial score (nSPS) is 11.9. The van der Waals surface area contributed by atoms with E-state index < -0.39 is 0 Å². The molecule has 0 fully saturated rings. The number of aromatic nitrogens is 1. The molecule has 4 nitrogen and oxygen atoms in total. The molecule has 0 aliphatic heterocycles. The summed E-state index contributed by atoms with van der Waals surface area (Å²) in [6.45, 7) is 10.9. The van der Waals surface area contributed by atoms with Gasteiger partial charge in [0, 0.05) is 23.8 Å². The Labute approximate surface area is 117 Å². The molecule has 1 N–H and O–H groups in total. The first kappa shape index (κ1) is 15.9. The number of likely N-dealkylation sites (N-methyl/N-ethyl adjacent to an activating group) is 1. The lowest BCUT2D eigenvalue weighted by atomic mass is 10.1. The quantitative estimate of drug-likeness (QED) is 0.820. The van der Waals surface area contributed by atoms with Crippen LogP contribution in [0.1, 0.15) is 32.0 Å². The molecule has 0 spiro atoms. The van der Waals surface area contributed by atoms with E-state index in [9.17, 15) is 0 Å². The van der Waals surface area contributed by atoms with Crippen molar-refractivity contribution in [2.45, 2.75) is 39.8 Å². The zero-order valence-electron chi connectivity index (χ0n) is 13.1. The Morgan fingerprint density at radius 2 is 2.00 bits per heavy atom. The van der Waals surface area contributed by atoms with Crippen LogP contribution in [0, 0.1) is 6.92 Å². The second-order valence-corrected chi connectivity index (χ2v) is 5.67. The molecule has 0 atom stereocenters. The number of nitrogens with zero attached hydrogens (tertiary/aromatic N) is 2. The maximum atomic E-state index is 5.80. The Morgan fingerprint density at radius 1 is 1.32 bits per heavy atom. The highest BCUT2D eigenvalue weighted by atomic mass is 16.5. The van der Waals surface area contributed by atoms with Crippen LogP contribution in [-0.4, -0.2) is 42.7 Å². The summed E-state index contributed by atoms with van der Waals surface area (Å²) in [6, 6.07) is 4.04. The average molecular weight is 265 g/mol. The van der Waals surface area contributed by atoms with Crippen LogP contribution in [0.25, 0.3) is 0 Å². The number of pyridine rings is 1. The van der Waals surface area contributed by atoms with Crippen molar-refractivity contribution in [2.24, 2.45) is 0 Å². The van der Waals surface area contributed by atoms with Gasteiger partial charge < -0.3 is 15.0 Å². The minimum absolute atomic E-state index is 0.00196. The molecule has 1 heterocycles. The molecule has 108 valence electrons. The first-order valence-electron chi connectivity index (χ1n) is 6.84. The van der Waals surface area contributed by atoms with E-state index in [-0.39, 0.29) is 5.54 Å². The topological polar surface area (TPSA) is 37.4 Å². The Morgan fingerprint density at radius 3 is 2.53 bits per heavy atom. The lowest BCUT2D eigenvalue weighted by Crippen LogP contribution is -2.43. The SMILES string of the molecule is CCNCc1ccc(OCC(C)(C)N(C)C)nc1C. The van der Waals surface area contributed by atoms with Crippen LogP contribution in [0.3, 0.4) is 0 Å². The van der Waals surface area contributed by atoms with E-state index in [4.69, 9.17) is 4.74 Å². The first-order valence-corrected chi connectivity index (χ1v) is 6.84. The van der Waals surface area contributed by atoms with Crippen molar-refractivity contribution in [3.05, 3.63) is 23.4 Å². The molecule has 0 amide bonds. The molecule has 0 unspecified atom stereocenters. The average Bonchev–Trinajstić information content (AvgIpc) is 2.35. The van der Waals surface area contributed by atoms with Gasteiger partial charge in [-0.3, -0.25) is 0 Å². The number of hydrogen-bond donors (Lipinski definition) is 1. The highest BCUT2D eigenvalue weighted by molar-refractivity contribution is 5.24. The number of ether oxygens (including phenoxy) is 1. The van der Waals surface area contributed by atoms with E-state index in [2.05, 4.69) is 56.1 Å². The van der Waals surface area contributed by atoms with Crippen molar-refractivity contribution in [1.29, 1.82) is 0 Å². The van der Waals surface area contributed by atoms with Gasteiger partial charge in [0.1, 0.15) is 6.61 Å². The molecule has 0 bridgehead atoms. The molecule has 0 saturated heterocycles. The molecule has 4 heteroatoms. The van der Waals surface area contributed by atoms with Gasteiger partial charge in [0.2, 0.25) is 5.88 Å². The minimum atomic E-state index is -0.00196. The summed E-state index contributed by atoms with van der Waals surface area (Å²) in [5, 5.41) is 3.31. The summed E-state index contributed by atoms with van der Waals surface area (Å²) >= 11 is 0. The van der Waals surface area contributed by atoms with Gasteiger partial charge in [0.25, 0.3) is 0 Å². The second kappa shape index (κ2) is 6.87. The second-order valence-electron chi connectivity index (χ2n) is 5.67. The zero-order chi connectivity index (χ0) is 14.5. The summed E-state index contributed by atoms with van der Waals surface area (Å²) in [5.41, 5.74) is 2.25. The van der Waals surface area contributed by atoms with E-state index in [1.54, 1.807) is 0 Å². The van der Waals surface area contributed by atoms with Gasteiger partial charge in [0.05, 0.1) is 0 Å². The van der Waals surface area contributed by atoms with Crippen molar-refractivity contribution in [3.63, 3.8) is 0 Å². The molecule has 0 aliphatic carbocycles. The van der Waals surface area contributed by atoms with Gasteiger partial charge in [-0.1, -0.05) is 13.0 Å². The predicted octanol–water partition coefficient (Wildman–Crippen LogP) is 2.22. The maximum Gasteiger partial charge on any atom is 0.213 e. The lowest BCUT2D eigenvalue weighted by Gasteiger charge is -2.31. The third-order valence-electron chi connectivity index (χ3n) is 3.52. The summed E-state index contributed by atoms with van der Waals surface area (Å²) < 4.78 is 5.80. The fourth-order valence-electron chi connectivity index (χ4n) is 1.47. The van der Waals surface area contributed by atoms with Crippen LogP contribution in [0.15, 0.2) is 12.1 Å². The van der Waals surface area contributed by atoms with Gasteiger partial charge in [-0.2, -0.15) is 0 Å². The van der Waals surface area contributed by atoms with E-state index >= 15 is 0 Å². The summed E-state index contributed by atoms with van der Waals surface area (Å²) in [5.74, 6) is 0.702. The summed E-state index contributed by atoms with van der Waals surface area (Å²) in [7, 11) is 4.11. The van der Waals surface area contributed by atoms with Crippen molar-refractivity contribution in [2.75, 3.05) is 27.2 Å². The number of hydrogen-bond acceptors (Lipinski definition) is 4. The molecular formula is C15H27N3O. The molecule has 0 aliphatic rings. The summed E-state index contributed by atoms with van der Waals surface area (Å²) in [4.78, 5) is 6.66. The van der Waals surface area contributed by atoms with Crippen molar-refractivity contribution in [1.82, 2.24) is 15.2 Å². The van der Waals surface area contributed by atoms with E-state index in [1.165, 1.54) is 5.56 Å². The van der Waals surface area contributed by atoms with Gasteiger partial charge in [-0.25, -0.2) is 4.98 Å². The molecule has 0 aromatic carbocycles. The van der Waals surface area contributed by atoms with Crippen LogP contribution >= 0.6 is 0 Å². The molecule has 1 aromatic rings. The van der Waals surface area contributed by atoms with Crippen LogP contribution in [0.2, 0.25) is 0 Å². The molecule has 0 saturated carbocycles. The highest BCUT2D eigenvalue weighted by Gasteiger charge is 2.21. The number of rotatable bonds is 7. The predicted molar refractivity (Wildman–Crippen MR) is 79.6 cm³/mol. The Hall–Kier alpha value is -1.13. The molecular weight excluding hydrogens is 238 g/mol. The fourth-order valence-corrected chi connectivity index (χ4v) is 1.47. The Balaban J connectivity index is 2.63. The monoisotopic (exact) mass is 265 g/mol.